The highest BCUT2D eigenvalue weighted by molar-refractivity contribution is 5.79. The van der Waals surface area contributed by atoms with Gasteiger partial charge in [0.15, 0.2) is 0 Å². The van der Waals surface area contributed by atoms with Crippen LogP contribution in [0.2, 0.25) is 0 Å². The molecule has 0 aromatic heterocycles. The van der Waals surface area contributed by atoms with Gasteiger partial charge in [0.25, 0.3) is 0 Å². The molecule has 2 aliphatic rings. The molecule has 2 N–H and O–H groups in total. The van der Waals surface area contributed by atoms with Crippen molar-refractivity contribution < 1.29 is 9.59 Å². The Morgan fingerprint density at radius 1 is 1.21 bits per heavy atom. The second-order valence-electron chi connectivity index (χ2n) is 7.14. The van der Waals surface area contributed by atoms with Crippen molar-refractivity contribution in [1.29, 1.82) is 0 Å². The lowest BCUT2D eigenvalue weighted by Gasteiger charge is -2.36. The lowest BCUT2D eigenvalue weighted by molar-refractivity contribution is -0.126. The van der Waals surface area contributed by atoms with E-state index in [4.69, 9.17) is 6.42 Å². The number of terminal acetylenes is 1. The Hall–Kier alpha value is -1.74. The van der Waals surface area contributed by atoms with E-state index in [0.717, 1.165) is 38.8 Å². The maximum Gasteiger partial charge on any atom is 0.317 e. The lowest BCUT2D eigenvalue weighted by atomic mass is 9.85. The predicted molar refractivity (Wildman–Crippen MR) is 94.4 cm³/mol. The third-order valence-corrected chi connectivity index (χ3v) is 4.78. The summed E-state index contributed by atoms with van der Waals surface area (Å²) in [5, 5.41) is 6.10. The summed E-state index contributed by atoms with van der Waals surface area (Å²) in [6.07, 6.45) is 8.91. The summed E-state index contributed by atoms with van der Waals surface area (Å²) < 4.78 is 0. The quantitative estimate of drug-likeness (QED) is 0.755. The molecule has 3 amide bonds. The summed E-state index contributed by atoms with van der Waals surface area (Å²) in [4.78, 5) is 28.7. The zero-order valence-corrected chi connectivity index (χ0v) is 14.9. The number of hydrogen-bond donors (Lipinski definition) is 2. The van der Waals surface area contributed by atoms with Crippen molar-refractivity contribution in [2.24, 2.45) is 5.92 Å². The van der Waals surface area contributed by atoms with E-state index in [0.29, 0.717) is 19.6 Å². The van der Waals surface area contributed by atoms with Gasteiger partial charge in [-0.2, -0.15) is 0 Å². The van der Waals surface area contributed by atoms with Gasteiger partial charge < -0.3 is 15.5 Å². The van der Waals surface area contributed by atoms with Crippen LogP contribution in [0.15, 0.2) is 0 Å². The molecule has 24 heavy (non-hydrogen) atoms. The van der Waals surface area contributed by atoms with Gasteiger partial charge >= 0.3 is 6.03 Å². The average Bonchev–Trinajstić information content (AvgIpc) is 2.55. The smallest absolute Gasteiger partial charge is 0.317 e. The van der Waals surface area contributed by atoms with E-state index in [9.17, 15) is 9.59 Å². The fraction of sp³-hybridized carbons (Fsp3) is 0.778. The summed E-state index contributed by atoms with van der Waals surface area (Å²) in [6, 6.07) is 0.245. The highest BCUT2D eigenvalue weighted by Gasteiger charge is 2.30. The molecule has 2 atom stereocenters. The Labute approximate surface area is 145 Å². The van der Waals surface area contributed by atoms with Crippen molar-refractivity contribution in [2.75, 3.05) is 32.7 Å². The van der Waals surface area contributed by atoms with Gasteiger partial charge in [-0.3, -0.25) is 9.69 Å². The van der Waals surface area contributed by atoms with Crippen LogP contribution in [0.5, 0.6) is 0 Å². The standard InChI is InChI=1S/C18H30N4O2/c1-4-8-21-9-11-22(12-10-21)18(24)20-16-7-5-6-15(13-16)17(23)19-14(2)3/h1,14-16H,5-13H2,2-3H3,(H,19,23)(H,20,24)/t15-,16-/m0/s1. The van der Waals surface area contributed by atoms with E-state index in [1.807, 2.05) is 18.7 Å². The van der Waals surface area contributed by atoms with Gasteiger partial charge in [-0.1, -0.05) is 12.3 Å². The first-order chi connectivity index (χ1) is 11.5. The first-order valence-corrected chi connectivity index (χ1v) is 9.01. The minimum Gasteiger partial charge on any atom is -0.354 e. The van der Waals surface area contributed by atoms with E-state index in [1.165, 1.54) is 0 Å². The fourth-order valence-corrected chi connectivity index (χ4v) is 3.47. The summed E-state index contributed by atoms with van der Waals surface area (Å²) in [5.41, 5.74) is 0. The minimum atomic E-state index is -0.00900. The number of piperazine rings is 1. The second kappa shape index (κ2) is 8.93. The van der Waals surface area contributed by atoms with Crippen LogP contribution in [0.3, 0.4) is 0 Å². The van der Waals surface area contributed by atoms with Crippen molar-refractivity contribution in [3.8, 4) is 12.3 Å². The third kappa shape index (κ3) is 5.41. The Morgan fingerprint density at radius 3 is 2.54 bits per heavy atom. The molecular formula is C18H30N4O2. The van der Waals surface area contributed by atoms with Crippen molar-refractivity contribution in [3.63, 3.8) is 0 Å². The number of carbonyl (C=O) groups excluding carboxylic acids is 2. The molecule has 134 valence electrons. The molecule has 1 aliphatic heterocycles. The van der Waals surface area contributed by atoms with E-state index in [1.54, 1.807) is 0 Å². The molecule has 1 saturated heterocycles. The average molecular weight is 334 g/mol. The molecule has 0 radical (unpaired) electrons. The zero-order chi connectivity index (χ0) is 17.5. The summed E-state index contributed by atoms with van der Waals surface area (Å²) in [7, 11) is 0. The number of urea groups is 1. The molecule has 0 aromatic rings. The predicted octanol–water partition coefficient (Wildman–Crippen LogP) is 1.03. The van der Waals surface area contributed by atoms with Gasteiger partial charge in [0.1, 0.15) is 0 Å². The van der Waals surface area contributed by atoms with Crippen molar-refractivity contribution in [2.45, 2.75) is 51.6 Å². The van der Waals surface area contributed by atoms with Gasteiger partial charge in [-0.15, -0.1) is 6.42 Å². The SMILES string of the molecule is C#CCN1CCN(C(=O)N[C@H]2CCC[C@H](C(=O)NC(C)C)C2)CC1. The monoisotopic (exact) mass is 334 g/mol. The minimum absolute atomic E-state index is 0.00900. The number of carbonyl (C=O) groups is 2. The zero-order valence-electron chi connectivity index (χ0n) is 14.9. The van der Waals surface area contributed by atoms with Crippen LogP contribution in [0, 0.1) is 18.3 Å². The summed E-state index contributed by atoms with van der Waals surface area (Å²) >= 11 is 0. The normalized spacial score (nSPS) is 25.2. The Kier molecular flexibility index (Phi) is 6.92. The fourth-order valence-electron chi connectivity index (χ4n) is 3.47. The molecule has 0 bridgehead atoms. The Morgan fingerprint density at radius 2 is 1.92 bits per heavy atom. The van der Waals surface area contributed by atoms with Crippen LogP contribution in [0.25, 0.3) is 0 Å². The van der Waals surface area contributed by atoms with E-state index < -0.39 is 0 Å². The van der Waals surface area contributed by atoms with Gasteiger partial charge in [-0.25, -0.2) is 4.79 Å². The number of rotatable bonds is 4. The molecule has 1 heterocycles. The van der Waals surface area contributed by atoms with Crippen LogP contribution in [-0.2, 0) is 4.79 Å². The Bertz CT molecular complexity index is 478. The molecule has 1 saturated carbocycles. The molecule has 2 rings (SSSR count). The number of amides is 3. The summed E-state index contributed by atoms with van der Waals surface area (Å²) in [5.74, 6) is 2.78. The lowest BCUT2D eigenvalue weighted by Crippen LogP contribution is -2.54. The first kappa shape index (κ1) is 18.6. The number of nitrogens with zero attached hydrogens (tertiary/aromatic N) is 2. The molecule has 1 aliphatic carbocycles. The molecule has 2 fully saturated rings. The summed E-state index contributed by atoms with van der Waals surface area (Å²) in [6.45, 7) is 7.64. The van der Waals surface area contributed by atoms with Gasteiger partial charge in [0.2, 0.25) is 5.91 Å². The second-order valence-corrected chi connectivity index (χ2v) is 7.14. The largest absolute Gasteiger partial charge is 0.354 e. The maximum atomic E-state index is 12.4. The maximum absolute atomic E-state index is 12.4. The van der Waals surface area contributed by atoms with E-state index in [-0.39, 0.29) is 29.9 Å². The van der Waals surface area contributed by atoms with E-state index in [2.05, 4.69) is 21.5 Å². The van der Waals surface area contributed by atoms with Gasteiger partial charge in [0, 0.05) is 44.2 Å². The van der Waals surface area contributed by atoms with Crippen LogP contribution in [-0.4, -0.2) is 66.5 Å². The number of hydrogen-bond acceptors (Lipinski definition) is 3. The molecule has 0 unspecified atom stereocenters. The topological polar surface area (TPSA) is 64.7 Å². The van der Waals surface area contributed by atoms with Gasteiger partial charge in [0.05, 0.1) is 6.54 Å². The van der Waals surface area contributed by atoms with Crippen molar-refractivity contribution >= 4 is 11.9 Å². The molecule has 0 aromatic carbocycles. The highest BCUT2D eigenvalue weighted by atomic mass is 16.2. The van der Waals surface area contributed by atoms with Crippen LogP contribution in [0.1, 0.15) is 39.5 Å². The molecule has 6 nitrogen and oxygen atoms in total. The van der Waals surface area contributed by atoms with E-state index >= 15 is 0 Å². The highest BCUT2D eigenvalue weighted by Crippen LogP contribution is 2.25. The van der Waals surface area contributed by atoms with Crippen LogP contribution >= 0.6 is 0 Å². The van der Waals surface area contributed by atoms with Crippen LogP contribution < -0.4 is 10.6 Å². The van der Waals surface area contributed by atoms with Crippen molar-refractivity contribution in [3.05, 3.63) is 0 Å². The van der Waals surface area contributed by atoms with Gasteiger partial charge in [-0.05, 0) is 33.1 Å². The van der Waals surface area contributed by atoms with Crippen molar-refractivity contribution in [1.82, 2.24) is 20.4 Å². The molecule has 0 spiro atoms. The molecule has 6 heteroatoms. The Balaban J connectivity index is 1.77. The third-order valence-electron chi connectivity index (χ3n) is 4.78. The molecular weight excluding hydrogens is 304 g/mol. The van der Waals surface area contributed by atoms with Crippen LogP contribution in [0.4, 0.5) is 4.79 Å². The first-order valence-electron chi connectivity index (χ1n) is 9.01. The number of nitrogens with one attached hydrogen (secondary N) is 2.